The number of hydrogen-bond donors (Lipinski definition) is 2. The molecule has 172 valence electrons. The van der Waals surface area contributed by atoms with Crippen LogP contribution in [-0.2, 0) is 32.2 Å². The first kappa shape index (κ1) is 24.2. The summed E-state index contributed by atoms with van der Waals surface area (Å²) in [5.74, 6) is 0. The molecule has 1 fully saturated rings. The second-order valence-corrected chi connectivity index (χ2v) is 7.46. The fraction of sp³-hybridized carbons (Fsp3) is 0.478. The summed E-state index contributed by atoms with van der Waals surface area (Å²) in [4.78, 5) is 2.71. The second-order valence-electron chi connectivity index (χ2n) is 7.46. The normalized spacial score (nSPS) is 25.2. The zero-order valence-electron chi connectivity index (χ0n) is 17.8. The van der Waals surface area contributed by atoms with Crippen LogP contribution in [-0.4, -0.2) is 60.7 Å². The lowest BCUT2D eigenvalue weighted by molar-refractivity contribution is -0.313. The summed E-state index contributed by atoms with van der Waals surface area (Å²) in [6.45, 7) is 1.20. The van der Waals surface area contributed by atoms with Crippen molar-refractivity contribution in [2.24, 2.45) is 5.11 Å². The van der Waals surface area contributed by atoms with Crippen LogP contribution in [0.15, 0.2) is 65.8 Å². The van der Waals surface area contributed by atoms with E-state index in [2.05, 4.69) is 10.0 Å². The van der Waals surface area contributed by atoms with Crippen LogP contribution in [0.2, 0.25) is 0 Å². The number of nitrogens with zero attached hydrogens (tertiary/aromatic N) is 3. The van der Waals surface area contributed by atoms with Crippen molar-refractivity contribution < 1.29 is 29.2 Å². The van der Waals surface area contributed by atoms with Gasteiger partial charge in [0.25, 0.3) is 0 Å². The standard InChI is InChI=1S/C23H29N3O6/c24-26-25-12-7-13-30-23-22(31-15-18-10-5-2-6-11-18)21(28)20(27)19(32-23)16-29-14-17-8-3-1-4-9-17/h1-6,8-11,19-23,27-28H,7,12-16H2/t19-,20+,21+,22-,23-/m1/s1. The van der Waals surface area contributed by atoms with Crippen molar-refractivity contribution in [2.75, 3.05) is 19.8 Å². The molecule has 0 saturated carbocycles. The Morgan fingerprint density at radius 2 is 1.56 bits per heavy atom. The molecule has 1 heterocycles. The molecule has 5 atom stereocenters. The first-order chi connectivity index (χ1) is 15.7. The van der Waals surface area contributed by atoms with Crippen LogP contribution in [0.25, 0.3) is 10.4 Å². The molecule has 0 aliphatic carbocycles. The van der Waals surface area contributed by atoms with Crippen LogP contribution in [0.5, 0.6) is 0 Å². The first-order valence-electron chi connectivity index (χ1n) is 10.6. The average molecular weight is 444 g/mol. The monoisotopic (exact) mass is 443 g/mol. The molecule has 2 aromatic rings. The highest BCUT2D eigenvalue weighted by molar-refractivity contribution is 5.14. The van der Waals surface area contributed by atoms with Gasteiger partial charge in [0.1, 0.15) is 24.4 Å². The van der Waals surface area contributed by atoms with E-state index in [0.717, 1.165) is 11.1 Å². The lowest BCUT2D eigenvalue weighted by Crippen LogP contribution is -2.60. The summed E-state index contributed by atoms with van der Waals surface area (Å²) in [6, 6.07) is 19.1. The predicted octanol–water partition coefficient (Wildman–Crippen LogP) is 2.95. The molecule has 0 aromatic heterocycles. The number of aliphatic hydroxyl groups excluding tert-OH is 2. The predicted molar refractivity (Wildman–Crippen MR) is 116 cm³/mol. The van der Waals surface area contributed by atoms with Crippen molar-refractivity contribution in [2.45, 2.75) is 50.3 Å². The molecule has 3 rings (SSSR count). The first-order valence-corrected chi connectivity index (χ1v) is 10.6. The van der Waals surface area contributed by atoms with E-state index in [1.807, 2.05) is 60.7 Å². The van der Waals surface area contributed by atoms with Gasteiger partial charge in [-0.1, -0.05) is 65.8 Å². The highest BCUT2D eigenvalue weighted by atomic mass is 16.7. The zero-order valence-corrected chi connectivity index (χ0v) is 17.8. The van der Waals surface area contributed by atoms with Gasteiger partial charge in [-0.05, 0) is 23.1 Å². The molecule has 32 heavy (non-hydrogen) atoms. The fourth-order valence-corrected chi connectivity index (χ4v) is 3.37. The van der Waals surface area contributed by atoms with Crippen molar-refractivity contribution in [1.29, 1.82) is 0 Å². The third-order valence-electron chi connectivity index (χ3n) is 5.07. The Morgan fingerprint density at radius 1 is 0.906 bits per heavy atom. The Hall–Kier alpha value is -2.49. The molecule has 9 nitrogen and oxygen atoms in total. The summed E-state index contributed by atoms with van der Waals surface area (Å²) in [5, 5.41) is 24.9. The minimum Gasteiger partial charge on any atom is -0.387 e. The van der Waals surface area contributed by atoms with Gasteiger partial charge in [0, 0.05) is 18.1 Å². The number of aliphatic hydroxyl groups is 2. The topological polar surface area (TPSA) is 126 Å². The van der Waals surface area contributed by atoms with E-state index in [1.54, 1.807) is 0 Å². The van der Waals surface area contributed by atoms with Gasteiger partial charge in [-0.2, -0.15) is 0 Å². The Kier molecular flexibility index (Phi) is 9.93. The van der Waals surface area contributed by atoms with Crippen LogP contribution in [0.3, 0.4) is 0 Å². The van der Waals surface area contributed by atoms with Gasteiger partial charge in [-0.15, -0.1) is 0 Å². The van der Waals surface area contributed by atoms with Crippen LogP contribution in [0, 0.1) is 0 Å². The van der Waals surface area contributed by atoms with Gasteiger partial charge in [-0.3, -0.25) is 0 Å². The molecule has 9 heteroatoms. The van der Waals surface area contributed by atoms with Crippen molar-refractivity contribution in [3.8, 4) is 0 Å². The van der Waals surface area contributed by atoms with Crippen LogP contribution in [0.4, 0.5) is 0 Å². The molecule has 0 spiro atoms. The van der Waals surface area contributed by atoms with Gasteiger partial charge in [0.2, 0.25) is 0 Å². The minimum atomic E-state index is -1.22. The van der Waals surface area contributed by atoms with Gasteiger partial charge >= 0.3 is 0 Å². The van der Waals surface area contributed by atoms with E-state index < -0.39 is 30.7 Å². The Balaban J connectivity index is 1.59. The van der Waals surface area contributed by atoms with Crippen LogP contribution in [0.1, 0.15) is 17.5 Å². The molecule has 1 aliphatic rings. The quantitative estimate of drug-likeness (QED) is 0.225. The Labute approximate surface area is 187 Å². The van der Waals surface area contributed by atoms with Crippen LogP contribution < -0.4 is 0 Å². The number of azide groups is 1. The lowest BCUT2D eigenvalue weighted by Gasteiger charge is -2.42. The third kappa shape index (κ3) is 7.29. The van der Waals surface area contributed by atoms with E-state index in [-0.39, 0.29) is 26.4 Å². The lowest BCUT2D eigenvalue weighted by atomic mass is 9.99. The molecule has 0 radical (unpaired) electrons. The maximum Gasteiger partial charge on any atom is 0.186 e. The Bertz CT molecular complexity index is 832. The summed E-state index contributed by atoms with van der Waals surface area (Å²) in [6.07, 6.45) is -4.52. The smallest absolute Gasteiger partial charge is 0.186 e. The van der Waals surface area contributed by atoms with E-state index in [1.165, 1.54) is 0 Å². The molecular weight excluding hydrogens is 414 g/mol. The summed E-state index contributed by atoms with van der Waals surface area (Å²) in [5.41, 5.74) is 10.3. The maximum atomic E-state index is 10.8. The molecule has 0 amide bonds. The summed E-state index contributed by atoms with van der Waals surface area (Å²) in [7, 11) is 0. The molecule has 1 saturated heterocycles. The molecule has 2 N–H and O–H groups in total. The SMILES string of the molecule is [N-]=[N+]=NCCCO[C@@H]1O[C@H](COCc2ccccc2)[C@H](O)[C@H](O)[C@H]1OCc1ccccc1. The Morgan fingerprint density at radius 3 is 2.22 bits per heavy atom. The van der Waals surface area contributed by atoms with E-state index in [0.29, 0.717) is 13.0 Å². The van der Waals surface area contributed by atoms with Crippen LogP contribution >= 0.6 is 0 Å². The molecule has 0 unspecified atom stereocenters. The minimum absolute atomic E-state index is 0.0805. The molecular formula is C23H29N3O6. The fourth-order valence-electron chi connectivity index (χ4n) is 3.37. The van der Waals surface area contributed by atoms with Gasteiger partial charge in [0.05, 0.1) is 19.8 Å². The number of benzene rings is 2. The van der Waals surface area contributed by atoms with Crippen molar-refractivity contribution in [1.82, 2.24) is 0 Å². The summed E-state index contributed by atoms with van der Waals surface area (Å²) < 4.78 is 23.3. The largest absolute Gasteiger partial charge is 0.387 e. The highest BCUT2D eigenvalue weighted by Gasteiger charge is 2.46. The third-order valence-corrected chi connectivity index (χ3v) is 5.07. The van der Waals surface area contributed by atoms with Gasteiger partial charge < -0.3 is 29.2 Å². The molecule has 0 bridgehead atoms. The van der Waals surface area contributed by atoms with E-state index in [4.69, 9.17) is 24.5 Å². The van der Waals surface area contributed by atoms with E-state index in [9.17, 15) is 10.2 Å². The average Bonchev–Trinajstić information content (AvgIpc) is 2.83. The highest BCUT2D eigenvalue weighted by Crippen LogP contribution is 2.26. The van der Waals surface area contributed by atoms with Crippen molar-refractivity contribution >= 4 is 0 Å². The van der Waals surface area contributed by atoms with Gasteiger partial charge in [0.15, 0.2) is 6.29 Å². The van der Waals surface area contributed by atoms with E-state index >= 15 is 0 Å². The number of hydrogen-bond acceptors (Lipinski definition) is 7. The van der Waals surface area contributed by atoms with Gasteiger partial charge in [-0.25, -0.2) is 0 Å². The second kappa shape index (κ2) is 13.1. The van der Waals surface area contributed by atoms with Crippen molar-refractivity contribution in [3.63, 3.8) is 0 Å². The zero-order chi connectivity index (χ0) is 22.6. The summed E-state index contributed by atoms with van der Waals surface area (Å²) >= 11 is 0. The molecule has 1 aliphatic heterocycles. The molecule has 2 aromatic carbocycles. The number of rotatable bonds is 12. The van der Waals surface area contributed by atoms with Crippen molar-refractivity contribution in [3.05, 3.63) is 82.2 Å². The number of ether oxygens (including phenoxy) is 4. The maximum absolute atomic E-state index is 10.8.